The summed E-state index contributed by atoms with van der Waals surface area (Å²) in [6, 6.07) is 11.8. The van der Waals surface area contributed by atoms with Crippen molar-refractivity contribution in [3.05, 3.63) is 70.3 Å². The van der Waals surface area contributed by atoms with Gasteiger partial charge in [-0.2, -0.15) is 0 Å². The first-order valence-corrected chi connectivity index (χ1v) is 21.4. The molecule has 1 spiro atoms. The Bertz CT molecular complexity index is 1880. The number of hydrogen-bond donors (Lipinski definition) is 1. The van der Waals surface area contributed by atoms with Crippen molar-refractivity contribution in [1.29, 1.82) is 0 Å². The predicted octanol–water partition coefficient (Wildman–Crippen LogP) is 6.60. The number of allylic oxidation sites excluding steroid dienone is 1. The van der Waals surface area contributed by atoms with Crippen LogP contribution in [-0.4, -0.2) is 90.8 Å². The summed E-state index contributed by atoms with van der Waals surface area (Å²) in [5.41, 5.74) is 2.41. The van der Waals surface area contributed by atoms with Gasteiger partial charge in [0.1, 0.15) is 5.75 Å². The molecule has 2 amide bonds. The second-order valence-corrected chi connectivity index (χ2v) is 19.5. The van der Waals surface area contributed by atoms with Crippen LogP contribution in [0.25, 0.3) is 0 Å². The fourth-order valence-corrected chi connectivity index (χ4v) is 11.2. The van der Waals surface area contributed by atoms with Gasteiger partial charge in [-0.1, -0.05) is 36.7 Å². The highest BCUT2D eigenvalue weighted by Gasteiger charge is 2.53. The Morgan fingerprint density at radius 3 is 2.64 bits per heavy atom. The molecule has 1 unspecified atom stereocenters. The molecule has 2 heterocycles. The van der Waals surface area contributed by atoms with Gasteiger partial charge in [0.2, 0.25) is 5.91 Å². The van der Waals surface area contributed by atoms with E-state index in [0.717, 1.165) is 61.4 Å². The van der Waals surface area contributed by atoms with E-state index in [2.05, 4.69) is 39.8 Å². The third kappa shape index (κ3) is 7.14. The number of carbonyl (C=O) groups is 2. The topological polar surface area (TPSA) is 97.4 Å². The van der Waals surface area contributed by atoms with Crippen molar-refractivity contribution in [1.82, 2.24) is 9.62 Å². The lowest BCUT2D eigenvalue weighted by Crippen LogP contribution is -2.55. The molecule has 53 heavy (non-hydrogen) atoms. The minimum Gasteiger partial charge on any atom is -0.490 e. The first-order chi connectivity index (χ1) is 25.3. The number of hydrogen-bond acceptors (Lipinski definition) is 7. The maximum absolute atomic E-state index is 14.2. The van der Waals surface area contributed by atoms with Crippen LogP contribution >= 0.6 is 11.6 Å². The zero-order chi connectivity index (χ0) is 37.8. The molecule has 5 aliphatic rings. The highest BCUT2D eigenvalue weighted by molar-refractivity contribution is 7.99. The molecule has 0 aromatic heterocycles. The van der Waals surface area contributed by atoms with E-state index in [9.17, 15) is 13.8 Å². The van der Waals surface area contributed by atoms with Gasteiger partial charge in [0.15, 0.2) is 0 Å². The van der Waals surface area contributed by atoms with Crippen LogP contribution < -0.4 is 14.4 Å². The summed E-state index contributed by atoms with van der Waals surface area (Å²) in [5, 5.41) is 0.329. The number of nitrogens with zero attached hydrogens (tertiary/aromatic N) is 2. The highest BCUT2D eigenvalue weighted by atomic mass is 35.5. The molecular weight excluding hydrogens is 710 g/mol. The van der Waals surface area contributed by atoms with Gasteiger partial charge in [-0.3, -0.25) is 14.3 Å². The minimum absolute atomic E-state index is 0.0468. The summed E-state index contributed by atoms with van der Waals surface area (Å²) in [7, 11) is 2.31. The Morgan fingerprint density at radius 1 is 1.15 bits per heavy atom. The van der Waals surface area contributed by atoms with Gasteiger partial charge in [-0.25, -0.2) is 4.21 Å². The van der Waals surface area contributed by atoms with Gasteiger partial charge in [0.05, 0.1) is 46.2 Å². The van der Waals surface area contributed by atoms with Gasteiger partial charge >= 0.3 is 0 Å². The number of anilines is 1. The monoisotopic (exact) mass is 765 g/mol. The number of aryl methyl sites for hydroxylation is 1. The third-order valence-electron chi connectivity index (χ3n) is 13.5. The Morgan fingerprint density at radius 2 is 1.94 bits per heavy atom. The third-order valence-corrected chi connectivity index (χ3v) is 15.9. The van der Waals surface area contributed by atoms with E-state index in [1.807, 2.05) is 44.0 Å². The number of ether oxygens (including phenoxy) is 3. The lowest BCUT2D eigenvalue weighted by atomic mass is 9.62. The fraction of sp³-hybridized carbons (Fsp3) is 0.595. The van der Waals surface area contributed by atoms with E-state index < -0.39 is 26.5 Å². The molecule has 2 aromatic carbocycles. The molecule has 11 heteroatoms. The summed E-state index contributed by atoms with van der Waals surface area (Å²) in [6.07, 6.45) is 11.7. The molecular formula is C42H56ClN3O6S. The average Bonchev–Trinajstić information content (AvgIpc) is 3.92. The summed E-state index contributed by atoms with van der Waals surface area (Å²) in [5.74, 6) is 4.61. The van der Waals surface area contributed by atoms with E-state index >= 15 is 0 Å². The van der Waals surface area contributed by atoms with Crippen molar-refractivity contribution in [3.63, 3.8) is 0 Å². The molecule has 9 nitrogen and oxygen atoms in total. The molecule has 0 radical (unpaired) electrons. The summed E-state index contributed by atoms with van der Waals surface area (Å²) < 4.78 is 35.6. The van der Waals surface area contributed by atoms with Crippen LogP contribution in [0.15, 0.2) is 48.6 Å². The van der Waals surface area contributed by atoms with E-state index in [-0.39, 0.29) is 41.0 Å². The standard InChI is InChI=1S/C42H56ClN3O6S/c1-28-9-7-18-42(51-5,23-38(47)45(3)41(19-20-41)27-50-4)35-14-11-32(35)24-46-25-40(17-8-10-30-21-33(43)13-15-34(30)40)26-52-37-16-12-31(22-36(37)46)39(48)44-53(6,49)29(28)2/h7,12-13,15-16,18,21-22,28-29,32,35H,6,8-11,14,17,19-20,23-27H2,1-5H3,(H,44,48,49)/b18-7+/t28-,29+,32-,35+,40-,42+,53?/m0/s1. The molecule has 3 aliphatic carbocycles. The van der Waals surface area contributed by atoms with E-state index in [0.29, 0.717) is 38.3 Å². The lowest BCUT2D eigenvalue weighted by molar-refractivity contribution is -0.145. The van der Waals surface area contributed by atoms with Crippen LogP contribution in [0, 0.1) is 17.8 Å². The van der Waals surface area contributed by atoms with Crippen LogP contribution in [0.5, 0.6) is 5.75 Å². The van der Waals surface area contributed by atoms with Crippen molar-refractivity contribution in [3.8, 4) is 5.75 Å². The second kappa shape index (κ2) is 14.5. The van der Waals surface area contributed by atoms with E-state index in [1.54, 1.807) is 20.3 Å². The number of carbonyl (C=O) groups excluding carboxylic acids is 2. The van der Waals surface area contributed by atoms with Crippen molar-refractivity contribution >= 4 is 44.7 Å². The quantitative estimate of drug-likeness (QED) is 0.262. The first-order valence-electron chi connectivity index (χ1n) is 19.2. The molecule has 2 aromatic rings. The van der Waals surface area contributed by atoms with Crippen molar-refractivity contribution in [2.75, 3.05) is 52.5 Å². The van der Waals surface area contributed by atoms with Crippen molar-refractivity contribution < 1.29 is 28.0 Å². The van der Waals surface area contributed by atoms with Crippen molar-refractivity contribution in [2.45, 2.75) is 93.4 Å². The first kappa shape index (κ1) is 38.2. The summed E-state index contributed by atoms with van der Waals surface area (Å²) in [4.78, 5) is 32.3. The van der Waals surface area contributed by atoms with Gasteiger partial charge in [0, 0.05) is 55.6 Å². The van der Waals surface area contributed by atoms with Crippen LogP contribution in [-0.2, 0) is 35.8 Å². The summed E-state index contributed by atoms with van der Waals surface area (Å²) in [6.45, 7) is 6.33. The number of halogens is 1. The molecule has 7 atom stereocenters. The molecule has 0 saturated heterocycles. The number of amides is 2. The number of nitrogens with one attached hydrogen (secondary N) is 1. The number of likely N-dealkylation sites (N-methyl/N-ethyl adjacent to an activating group) is 1. The van der Waals surface area contributed by atoms with E-state index in [4.69, 9.17) is 25.8 Å². The summed E-state index contributed by atoms with van der Waals surface area (Å²) >= 11 is 6.50. The Balaban J connectivity index is 1.31. The normalized spacial score (nSPS) is 34.0. The maximum atomic E-state index is 14.2. The average molecular weight is 766 g/mol. The largest absolute Gasteiger partial charge is 0.490 e. The van der Waals surface area contributed by atoms with Gasteiger partial charge in [-0.15, -0.1) is 0 Å². The van der Waals surface area contributed by atoms with Crippen LogP contribution in [0.4, 0.5) is 5.69 Å². The smallest absolute Gasteiger partial charge is 0.262 e. The maximum Gasteiger partial charge on any atom is 0.262 e. The molecule has 288 valence electrons. The number of fused-ring (bicyclic) bond motifs is 4. The Labute approximate surface area is 320 Å². The van der Waals surface area contributed by atoms with Crippen molar-refractivity contribution in [2.24, 2.45) is 17.8 Å². The SMILES string of the molecule is C=S1(=O)NC(=O)c2ccc3c(c2)N(C[C@@H]2CC[C@H]2[C@@](CC(=O)N(C)C2(COC)CC2)(OC)/C=C/C[C@H](C)[C@H]1C)C[C@@]1(CCCc2cc(Cl)ccc21)CO3. The zero-order valence-corrected chi connectivity index (χ0v) is 33.5. The Kier molecular flexibility index (Phi) is 10.5. The fourth-order valence-electron chi connectivity index (χ4n) is 9.54. The van der Waals surface area contributed by atoms with E-state index in [1.165, 1.54) is 11.1 Å². The molecule has 2 aliphatic heterocycles. The molecule has 1 N–H and O–H groups in total. The zero-order valence-electron chi connectivity index (χ0n) is 32.0. The van der Waals surface area contributed by atoms with Crippen LogP contribution in [0.1, 0.15) is 86.7 Å². The predicted molar refractivity (Wildman–Crippen MR) is 213 cm³/mol. The van der Waals surface area contributed by atoms with Gasteiger partial charge in [-0.05, 0) is 123 Å². The molecule has 7 rings (SSSR count). The van der Waals surface area contributed by atoms with Gasteiger partial charge < -0.3 is 24.0 Å². The molecule has 2 bridgehead atoms. The second-order valence-electron chi connectivity index (χ2n) is 16.7. The minimum atomic E-state index is -3.02. The number of benzene rings is 2. The molecule has 2 fully saturated rings. The highest BCUT2D eigenvalue weighted by Crippen LogP contribution is 2.51. The lowest BCUT2D eigenvalue weighted by Gasteiger charge is -2.51. The number of rotatable bonds is 6. The van der Waals surface area contributed by atoms with Crippen LogP contribution in [0.3, 0.4) is 0 Å². The Hall–Kier alpha value is -3.05. The number of methoxy groups -OCH3 is 2. The van der Waals surface area contributed by atoms with Crippen LogP contribution in [0.2, 0.25) is 5.02 Å². The van der Waals surface area contributed by atoms with Gasteiger partial charge in [0.25, 0.3) is 5.91 Å². The molecule has 2 saturated carbocycles.